The van der Waals surface area contributed by atoms with Gasteiger partial charge in [-0.2, -0.15) is 5.10 Å². The summed E-state index contributed by atoms with van der Waals surface area (Å²) in [7, 11) is -1.07. The van der Waals surface area contributed by atoms with Crippen molar-refractivity contribution in [2.24, 2.45) is 7.05 Å². The summed E-state index contributed by atoms with van der Waals surface area (Å²) < 4.78 is 33.3. The molecule has 21 heavy (non-hydrogen) atoms. The molecule has 0 aliphatic heterocycles. The maximum absolute atomic E-state index is 12.3. The smallest absolute Gasteiger partial charge is 0.335 e. The molecule has 8 nitrogen and oxygen atoms in total. The van der Waals surface area contributed by atoms with E-state index in [1.165, 1.54) is 30.0 Å². The summed E-state index contributed by atoms with van der Waals surface area (Å²) in [5, 5.41) is 12.9. The number of methoxy groups -OCH3 is 1. The largest absolute Gasteiger partial charge is 0.495 e. The fourth-order valence-electron chi connectivity index (χ4n) is 1.68. The highest BCUT2D eigenvalue weighted by Gasteiger charge is 2.22. The number of nitrogens with zero attached hydrogens (tertiary/aromatic N) is 2. The Morgan fingerprint density at radius 2 is 2.10 bits per heavy atom. The number of aromatic carboxylic acids is 1. The summed E-state index contributed by atoms with van der Waals surface area (Å²) in [6.07, 6.45) is 1.57. The van der Waals surface area contributed by atoms with E-state index < -0.39 is 16.0 Å². The molecule has 0 aliphatic carbocycles. The lowest BCUT2D eigenvalue weighted by atomic mass is 10.2. The third-order valence-electron chi connectivity index (χ3n) is 2.65. The highest BCUT2D eigenvalue weighted by atomic mass is 32.2. The van der Waals surface area contributed by atoms with Crippen LogP contribution >= 0.6 is 0 Å². The Labute approximate surface area is 121 Å². The number of hydrogen-bond acceptors (Lipinski definition) is 5. The number of hydrogen-bond donors (Lipinski definition) is 2. The molecule has 0 saturated heterocycles. The Morgan fingerprint density at radius 3 is 2.62 bits per heavy atom. The summed E-state index contributed by atoms with van der Waals surface area (Å²) in [6.45, 7) is 0. The van der Waals surface area contributed by atoms with Crippen LogP contribution in [0.1, 0.15) is 10.4 Å². The minimum Gasteiger partial charge on any atom is -0.495 e. The number of aromatic nitrogens is 2. The van der Waals surface area contributed by atoms with Gasteiger partial charge in [-0.15, -0.1) is 0 Å². The van der Waals surface area contributed by atoms with Gasteiger partial charge in [0.2, 0.25) is 0 Å². The molecule has 1 aromatic carbocycles. The SMILES string of the molecule is COc1ccc(C(=O)O)cc1S(=O)(=O)Nc1ccn(C)n1. The maximum atomic E-state index is 12.3. The zero-order valence-electron chi connectivity index (χ0n) is 11.3. The minimum absolute atomic E-state index is 0.0448. The number of carbonyl (C=O) groups is 1. The van der Waals surface area contributed by atoms with Crippen molar-refractivity contribution in [1.29, 1.82) is 0 Å². The van der Waals surface area contributed by atoms with Crippen LogP contribution in [0, 0.1) is 0 Å². The molecule has 112 valence electrons. The Bertz CT molecular complexity index is 782. The molecule has 0 radical (unpaired) electrons. The van der Waals surface area contributed by atoms with Gasteiger partial charge in [0.1, 0.15) is 10.6 Å². The first kappa shape index (κ1) is 14.9. The number of nitrogens with one attached hydrogen (secondary N) is 1. The van der Waals surface area contributed by atoms with Gasteiger partial charge in [0.15, 0.2) is 5.82 Å². The van der Waals surface area contributed by atoms with Crippen LogP contribution in [0.5, 0.6) is 5.75 Å². The Morgan fingerprint density at radius 1 is 1.38 bits per heavy atom. The molecular formula is C12H13N3O5S. The van der Waals surface area contributed by atoms with Crippen LogP contribution in [0.25, 0.3) is 0 Å². The third kappa shape index (κ3) is 3.14. The predicted molar refractivity (Wildman–Crippen MR) is 74.0 cm³/mol. The molecule has 0 atom stereocenters. The zero-order chi connectivity index (χ0) is 15.6. The van der Waals surface area contributed by atoms with E-state index in [0.717, 1.165) is 6.07 Å². The Balaban J connectivity index is 2.47. The summed E-state index contributed by atoms with van der Waals surface area (Å²) in [4.78, 5) is 10.7. The van der Waals surface area contributed by atoms with E-state index >= 15 is 0 Å². The van der Waals surface area contributed by atoms with Crippen LogP contribution in [0.4, 0.5) is 5.82 Å². The first-order valence-corrected chi connectivity index (χ1v) is 7.25. The van der Waals surface area contributed by atoms with Gasteiger partial charge >= 0.3 is 5.97 Å². The number of ether oxygens (including phenoxy) is 1. The fourth-order valence-corrected chi connectivity index (χ4v) is 2.87. The van der Waals surface area contributed by atoms with E-state index in [4.69, 9.17) is 9.84 Å². The summed E-state index contributed by atoms with van der Waals surface area (Å²) in [5.41, 5.74) is -0.155. The highest BCUT2D eigenvalue weighted by molar-refractivity contribution is 7.92. The van der Waals surface area contributed by atoms with Crippen LogP contribution in [-0.2, 0) is 17.1 Å². The van der Waals surface area contributed by atoms with Crippen LogP contribution in [-0.4, -0.2) is 36.4 Å². The van der Waals surface area contributed by atoms with Gasteiger partial charge in [-0.1, -0.05) is 0 Å². The van der Waals surface area contributed by atoms with Crippen molar-refractivity contribution in [2.75, 3.05) is 11.8 Å². The Kier molecular flexibility index (Phi) is 3.85. The van der Waals surface area contributed by atoms with Gasteiger partial charge in [0.25, 0.3) is 10.0 Å². The van der Waals surface area contributed by atoms with Crippen molar-refractivity contribution in [3.63, 3.8) is 0 Å². The molecule has 0 spiro atoms. The standard InChI is InChI=1S/C12H13N3O5S/c1-15-6-5-11(13-15)14-21(18,19)10-7-8(12(16)17)3-4-9(10)20-2/h3-7H,1-2H3,(H,13,14)(H,16,17). The van der Waals surface area contributed by atoms with Gasteiger partial charge in [-0.05, 0) is 18.2 Å². The number of sulfonamides is 1. The maximum Gasteiger partial charge on any atom is 0.335 e. The van der Waals surface area contributed by atoms with Crippen molar-refractivity contribution in [1.82, 2.24) is 9.78 Å². The second-order valence-corrected chi connectivity index (χ2v) is 5.80. The summed E-state index contributed by atoms with van der Waals surface area (Å²) in [5.74, 6) is -1.06. The summed E-state index contributed by atoms with van der Waals surface area (Å²) in [6, 6.07) is 5.06. The second kappa shape index (κ2) is 5.44. The van der Waals surface area contributed by atoms with E-state index in [1.807, 2.05) is 0 Å². The molecule has 1 aromatic heterocycles. The van der Waals surface area contributed by atoms with Crippen LogP contribution in [0.3, 0.4) is 0 Å². The normalized spacial score (nSPS) is 11.1. The van der Waals surface area contributed by atoms with E-state index in [2.05, 4.69) is 9.82 Å². The number of carboxylic acids is 1. The van der Waals surface area contributed by atoms with E-state index in [-0.39, 0.29) is 22.0 Å². The van der Waals surface area contributed by atoms with Crippen molar-refractivity contribution in [3.05, 3.63) is 36.0 Å². The molecule has 0 bridgehead atoms. The van der Waals surface area contributed by atoms with Gasteiger partial charge in [-0.3, -0.25) is 9.40 Å². The molecule has 0 saturated carbocycles. The fraction of sp³-hybridized carbons (Fsp3) is 0.167. The molecule has 0 fully saturated rings. The lowest BCUT2D eigenvalue weighted by Crippen LogP contribution is -2.15. The minimum atomic E-state index is -4.01. The number of rotatable bonds is 5. The van der Waals surface area contributed by atoms with Crippen molar-refractivity contribution in [2.45, 2.75) is 4.90 Å². The topological polar surface area (TPSA) is 111 Å². The second-order valence-electron chi connectivity index (χ2n) is 4.15. The van der Waals surface area contributed by atoms with Crippen LogP contribution in [0.2, 0.25) is 0 Å². The first-order chi connectivity index (χ1) is 9.83. The lowest BCUT2D eigenvalue weighted by Gasteiger charge is -2.10. The van der Waals surface area contributed by atoms with Gasteiger partial charge in [0.05, 0.1) is 12.7 Å². The molecule has 2 rings (SSSR count). The molecule has 2 N–H and O–H groups in total. The highest BCUT2D eigenvalue weighted by Crippen LogP contribution is 2.26. The molecule has 0 amide bonds. The number of anilines is 1. The first-order valence-electron chi connectivity index (χ1n) is 5.77. The summed E-state index contributed by atoms with van der Waals surface area (Å²) >= 11 is 0. The Hall–Kier alpha value is -2.55. The quantitative estimate of drug-likeness (QED) is 0.849. The molecule has 2 aromatic rings. The van der Waals surface area contributed by atoms with Gasteiger partial charge in [0, 0.05) is 19.3 Å². The molecule has 0 aliphatic rings. The van der Waals surface area contributed by atoms with Crippen molar-refractivity contribution in [3.8, 4) is 5.75 Å². The lowest BCUT2D eigenvalue weighted by molar-refractivity contribution is 0.0696. The number of benzene rings is 1. The zero-order valence-corrected chi connectivity index (χ0v) is 12.1. The number of aryl methyl sites for hydroxylation is 1. The van der Waals surface area contributed by atoms with E-state index in [9.17, 15) is 13.2 Å². The van der Waals surface area contributed by atoms with Gasteiger partial charge < -0.3 is 9.84 Å². The van der Waals surface area contributed by atoms with Crippen LogP contribution in [0.15, 0.2) is 35.4 Å². The third-order valence-corrected chi connectivity index (χ3v) is 4.03. The molecule has 9 heteroatoms. The van der Waals surface area contributed by atoms with E-state index in [0.29, 0.717) is 0 Å². The monoisotopic (exact) mass is 311 g/mol. The molecule has 0 unspecified atom stereocenters. The van der Waals surface area contributed by atoms with Crippen LogP contribution < -0.4 is 9.46 Å². The predicted octanol–water partition coefficient (Wildman–Crippen LogP) is 0.928. The number of carboxylic acid groups (broad SMARTS) is 1. The average Bonchev–Trinajstić information content (AvgIpc) is 2.82. The van der Waals surface area contributed by atoms with Crippen molar-refractivity contribution < 1.29 is 23.1 Å². The van der Waals surface area contributed by atoms with Crippen molar-refractivity contribution >= 4 is 21.8 Å². The van der Waals surface area contributed by atoms with E-state index in [1.54, 1.807) is 13.2 Å². The van der Waals surface area contributed by atoms with Gasteiger partial charge in [-0.25, -0.2) is 13.2 Å². The molecule has 1 heterocycles. The molecular weight excluding hydrogens is 298 g/mol. The average molecular weight is 311 g/mol.